The standard InChI is InChI=1S/C17H34N4/c1-15-8-6-12-21(14-15)13-7-11-19-17(18)20-16-9-4-2-3-5-10-16/h15-16H,2-14H2,1H3,(H3,18,19,20). The Balaban J connectivity index is 1.59. The van der Waals surface area contributed by atoms with E-state index < -0.39 is 0 Å². The molecule has 0 bridgehead atoms. The van der Waals surface area contributed by atoms with Crippen LogP contribution in [0.1, 0.15) is 64.7 Å². The lowest BCUT2D eigenvalue weighted by Gasteiger charge is -2.30. The number of guanidine groups is 1. The van der Waals surface area contributed by atoms with Crippen molar-refractivity contribution in [3.8, 4) is 0 Å². The molecule has 4 heteroatoms. The number of hydrogen-bond donors (Lipinski definition) is 2. The molecule has 1 saturated carbocycles. The van der Waals surface area contributed by atoms with Gasteiger partial charge in [0.05, 0.1) is 0 Å². The van der Waals surface area contributed by atoms with Gasteiger partial charge in [0.1, 0.15) is 0 Å². The van der Waals surface area contributed by atoms with Gasteiger partial charge in [-0.1, -0.05) is 32.6 Å². The number of piperidine rings is 1. The summed E-state index contributed by atoms with van der Waals surface area (Å²) in [4.78, 5) is 7.09. The van der Waals surface area contributed by atoms with Crippen molar-refractivity contribution in [3.63, 3.8) is 0 Å². The van der Waals surface area contributed by atoms with Gasteiger partial charge in [0.25, 0.3) is 0 Å². The van der Waals surface area contributed by atoms with Gasteiger partial charge in [-0.2, -0.15) is 0 Å². The zero-order valence-electron chi connectivity index (χ0n) is 13.8. The average Bonchev–Trinajstić information content (AvgIpc) is 2.72. The second-order valence-corrected chi connectivity index (χ2v) is 7.00. The zero-order chi connectivity index (χ0) is 14.9. The van der Waals surface area contributed by atoms with Crippen LogP contribution in [-0.4, -0.2) is 43.1 Å². The molecule has 122 valence electrons. The van der Waals surface area contributed by atoms with Gasteiger partial charge in [-0.05, 0) is 51.1 Å². The number of aliphatic imine (C=N–C) groups is 1. The first-order valence-corrected chi connectivity index (χ1v) is 9.03. The molecular formula is C17H34N4. The Morgan fingerprint density at radius 2 is 1.90 bits per heavy atom. The van der Waals surface area contributed by atoms with E-state index in [0.717, 1.165) is 18.9 Å². The second kappa shape index (κ2) is 9.29. The number of nitrogens with one attached hydrogen (secondary N) is 1. The van der Waals surface area contributed by atoms with Crippen LogP contribution in [0.4, 0.5) is 0 Å². The van der Waals surface area contributed by atoms with Gasteiger partial charge in [-0.3, -0.25) is 4.99 Å². The lowest BCUT2D eigenvalue weighted by Crippen LogP contribution is -2.40. The van der Waals surface area contributed by atoms with Gasteiger partial charge in [0.15, 0.2) is 5.96 Å². The molecule has 4 nitrogen and oxygen atoms in total. The molecule has 0 aromatic carbocycles. The molecule has 1 saturated heterocycles. The molecule has 1 aliphatic carbocycles. The molecular weight excluding hydrogens is 260 g/mol. The molecule has 1 aliphatic heterocycles. The minimum absolute atomic E-state index is 0.555. The Kier molecular flexibility index (Phi) is 7.34. The van der Waals surface area contributed by atoms with E-state index >= 15 is 0 Å². The molecule has 0 aromatic rings. The maximum atomic E-state index is 6.02. The highest BCUT2D eigenvalue weighted by atomic mass is 15.1. The predicted octanol–water partition coefficient (Wildman–Crippen LogP) is 2.74. The van der Waals surface area contributed by atoms with Crippen LogP contribution in [0.15, 0.2) is 4.99 Å². The molecule has 1 heterocycles. The van der Waals surface area contributed by atoms with E-state index in [1.54, 1.807) is 0 Å². The second-order valence-electron chi connectivity index (χ2n) is 7.00. The van der Waals surface area contributed by atoms with Gasteiger partial charge < -0.3 is 16.0 Å². The highest BCUT2D eigenvalue weighted by Gasteiger charge is 2.15. The summed E-state index contributed by atoms with van der Waals surface area (Å²) in [5.41, 5.74) is 6.02. The van der Waals surface area contributed by atoms with Crippen molar-refractivity contribution in [2.75, 3.05) is 26.2 Å². The summed E-state index contributed by atoms with van der Waals surface area (Å²) in [6.07, 6.45) is 11.8. The average molecular weight is 294 g/mol. The summed E-state index contributed by atoms with van der Waals surface area (Å²) in [6.45, 7) is 6.92. The van der Waals surface area contributed by atoms with Crippen LogP contribution < -0.4 is 11.1 Å². The normalized spacial score (nSPS) is 26.5. The van der Waals surface area contributed by atoms with Crippen LogP contribution in [0.25, 0.3) is 0 Å². The maximum absolute atomic E-state index is 6.02. The number of hydrogen-bond acceptors (Lipinski definition) is 2. The predicted molar refractivity (Wildman–Crippen MR) is 90.6 cm³/mol. The summed E-state index contributed by atoms with van der Waals surface area (Å²) in [5, 5.41) is 3.42. The van der Waals surface area contributed by atoms with Crippen molar-refractivity contribution in [3.05, 3.63) is 0 Å². The molecule has 0 spiro atoms. The van der Waals surface area contributed by atoms with Gasteiger partial charge in [-0.25, -0.2) is 0 Å². The van der Waals surface area contributed by atoms with Crippen LogP contribution >= 0.6 is 0 Å². The van der Waals surface area contributed by atoms with Crippen molar-refractivity contribution in [1.82, 2.24) is 10.2 Å². The number of likely N-dealkylation sites (tertiary alicyclic amines) is 1. The van der Waals surface area contributed by atoms with Crippen LogP contribution in [0.3, 0.4) is 0 Å². The highest BCUT2D eigenvalue weighted by Crippen LogP contribution is 2.17. The molecule has 2 fully saturated rings. The number of nitrogens with two attached hydrogens (primary N) is 1. The van der Waals surface area contributed by atoms with Gasteiger partial charge in [-0.15, -0.1) is 0 Å². The minimum Gasteiger partial charge on any atom is -0.370 e. The van der Waals surface area contributed by atoms with Gasteiger partial charge >= 0.3 is 0 Å². The van der Waals surface area contributed by atoms with Gasteiger partial charge in [0.2, 0.25) is 0 Å². The van der Waals surface area contributed by atoms with Crippen molar-refractivity contribution in [1.29, 1.82) is 0 Å². The Bertz CT molecular complexity index is 308. The smallest absolute Gasteiger partial charge is 0.188 e. The van der Waals surface area contributed by atoms with E-state index in [1.165, 1.54) is 71.0 Å². The van der Waals surface area contributed by atoms with Crippen LogP contribution in [0.2, 0.25) is 0 Å². The third-order valence-electron chi connectivity index (χ3n) is 4.86. The zero-order valence-corrected chi connectivity index (χ0v) is 13.8. The molecule has 2 rings (SSSR count). The first-order valence-electron chi connectivity index (χ1n) is 9.03. The quantitative estimate of drug-likeness (QED) is 0.355. The molecule has 1 unspecified atom stereocenters. The third-order valence-corrected chi connectivity index (χ3v) is 4.86. The molecule has 1 atom stereocenters. The summed E-state index contributed by atoms with van der Waals surface area (Å²) >= 11 is 0. The Morgan fingerprint density at radius 1 is 1.14 bits per heavy atom. The van der Waals surface area contributed by atoms with Gasteiger partial charge in [0, 0.05) is 19.1 Å². The summed E-state index contributed by atoms with van der Waals surface area (Å²) in [7, 11) is 0. The van der Waals surface area contributed by atoms with E-state index in [0.29, 0.717) is 12.0 Å². The molecule has 0 radical (unpaired) electrons. The Hall–Kier alpha value is -0.770. The van der Waals surface area contributed by atoms with E-state index in [1.807, 2.05) is 0 Å². The molecule has 21 heavy (non-hydrogen) atoms. The fraction of sp³-hybridized carbons (Fsp3) is 0.941. The molecule has 3 N–H and O–H groups in total. The largest absolute Gasteiger partial charge is 0.370 e. The molecule has 0 amide bonds. The van der Waals surface area contributed by atoms with Crippen molar-refractivity contribution in [2.45, 2.75) is 70.8 Å². The number of nitrogens with zero attached hydrogens (tertiary/aromatic N) is 2. The molecule has 2 aliphatic rings. The Labute approximate surface area is 130 Å². The van der Waals surface area contributed by atoms with Crippen LogP contribution in [-0.2, 0) is 0 Å². The maximum Gasteiger partial charge on any atom is 0.188 e. The molecule has 0 aromatic heterocycles. The minimum atomic E-state index is 0.555. The topological polar surface area (TPSA) is 53.6 Å². The van der Waals surface area contributed by atoms with Crippen molar-refractivity contribution >= 4 is 5.96 Å². The SMILES string of the molecule is CC1CCCN(CCCN=C(N)NC2CCCCCC2)C1. The highest BCUT2D eigenvalue weighted by molar-refractivity contribution is 5.78. The van der Waals surface area contributed by atoms with E-state index in [9.17, 15) is 0 Å². The Morgan fingerprint density at radius 3 is 2.62 bits per heavy atom. The van der Waals surface area contributed by atoms with E-state index in [4.69, 9.17) is 5.73 Å². The fourth-order valence-electron chi connectivity index (χ4n) is 3.66. The summed E-state index contributed by atoms with van der Waals surface area (Å²) in [6, 6.07) is 0.555. The fourth-order valence-corrected chi connectivity index (χ4v) is 3.66. The van der Waals surface area contributed by atoms with Crippen molar-refractivity contribution in [2.24, 2.45) is 16.6 Å². The van der Waals surface area contributed by atoms with E-state index in [-0.39, 0.29) is 0 Å². The summed E-state index contributed by atoms with van der Waals surface area (Å²) < 4.78 is 0. The van der Waals surface area contributed by atoms with Crippen LogP contribution in [0, 0.1) is 5.92 Å². The lowest BCUT2D eigenvalue weighted by atomic mass is 10.0. The third kappa shape index (κ3) is 6.68. The van der Waals surface area contributed by atoms with Crippen LogP contribution in [0.5, 0.6) is 0 Å². The number of rotatable bonds is 5. The first kappa shape index (κ1) is 16.6. The summed E-state index contributed by atoms with van der Waals surface area (Å²) in [5.74, 6) is 1.53. The lowest BCUT2D eigenvalue weighted by molar-refractivity contribution is 0.183. The van der Waals surface area contributed by atoms with Crippen molar-refractivity contribution < 1.29 is 0 Å². The van der Waals surface area contributed by atoms with E-state index in [2.05, 4.69) is 22.1 Å². The first-order chi connectivity index (χ1) is 10.2. The monoisotopic (exact) mass is 294 g/mol.